The van der Waals surface area contributed by atoms with Crippen molar-refractivity contribution in [2.24, 2.45) is 0 Å². The average molecular weight is 287 g/mol. The Bertz CT molecular complexity index is 587. The Kier molecular flexibility index (Phi) is 3.97. The van der Waals surface area contributed by atoms with Crippen molar-refractivity contribution in [3.63, 3.8) is 0 Å². The number of thiophene rings is 1. The van der Waals surface area contributed by atoms with Crippen molar-refractivity contribution < 1.29 is 4.79 Å². The Morgan fingerprint density at radius 1 is 1.45 bits per heavy atom. The quantitative estimate of drug-likeness (QED) is 0.889. The number of hydrogen-bond donors (Lipinski definition) is 2. The van der Waals surface area contributed by atoms with Crippen LogP contribution >= 0.6 is 11.3 Å². The van der Waals surface area contributed by atoms with Gasteiger partial charge in [-0.1, -0.05) is 6.07 Å². The van der Waals surface area contributed by atoms with Crippen molar-refractivity contribution in [2.45, 2.75) is 25.2 Å². The molecule has 0 fully saturated rings. The van der Waals surface area contributed by atoms with Crippen LogP contribution in [0, 0.1) is 0 Å². The highest BCUT2D eigenvalue weighted by molar-refractivity contribution is 7.10. The summed E-state index contributed by atoms with van der Waals surface area (Å²) in [6.45, 7) is 0.818. The third-order valence-corrected chi connectivity index (χ3v) is 4.53. The predicted octanol–water partition coefficient (Wildman–Crippen LogP) is 2.63. The predicted molar refractivity (Wildman–Crippen MR) is 79.7 cm³/mol. The SMILES string of the molecule is O=C1C=C(NCCc2cnc[nH]2)C[C@@H](c2cccs2)C1. The third kappa shape index (κ3) is 3.17. The van der Waals surface area contributed by atoms with Gasteiger partial charge in [0.1, 0.15) is 0 Å². The number of aromatic nitrogens is 2. The zero-order chi connectivity index (χ0) is 13.8. The molecule has 0 aromatic carbocycles. The van der Waals surface area contributed by atoms with Crippen LogP contribution in [0.4, 0.5) is 0 Å². The van der Waals surface area contributed by atoms with Crippen LogP contribution in [0.2, 0.25) is 0 Å². The number of allylic oxidation sites excluding steroid dienone is 2. The molecule has 1 aliphatic rings. The maximum atomic E-state index is 11.8. The normalized spacial score (nSPS) is 18.9. The van der Waals surface area contributed by atoms with Gasteiger partial charge in [-0.2, -0.15) is 0 Å². The number of rotatable bonds is 5. The lowest BCUT2D eigenvalue weighted by molar-refractivity contribution is -0.115. The number of hydrogen-bond acceptors (Lipinski definition) is 4. The molecule has 5 heteroatoms. The summed E-state index contributed by atoms with van der Waals surface area (Å²) >= 11 is 1.73. The van der Waals surface area contributed by atoms with Crippen LogP contribution in [0.5, 0.6) is 0 Å². The molecule has 2 aromatic heterocycles. The van der Waals surface area contributed by atoms with E-state index < -0.39 is 0 Å². The molecule has 0 bridgehead atoms. The van der Waals surface area contributed by atoms with Crippen molar-refractivity contribution >= 4 is 17.1 Å². The summed E-state index contributed by atoms with van der Waals surface area (Å²) < 4.78 is 0. The van der Waals surface area contributed by atoms with E-state index in [1.807, 2.05) is 12.3 Å². The summed E-state index contributed by atoms with van der Waals surface area (Å²) in [5, 5.41) is 5.45. The monoisotopic (exact) mass is 287 g/mol. The molecule has 0 radical (unpaired) electrons. The van der Waals surface area contributed by atoms with Crippen LogP contribution < -0.4 is 5.32 Å². The average Bonchev–Trinajstić information content (AvgIpc) is 3.11. The molecule has 1 aliphatic carbocycles. The zero-order valence-electron chi connectivity index (χ0n) is 11.1. The molecule has 104 valence electrons. The molecular weight excluding hydrogens is 270 g/mol. The minimum absolute atomic E-state index is 0.221. The van der Waals surface area contributed by atoms with Crippen LogP contribution in [0.25, 0.3) is 0 Å². The lowest BCUT2D eigenvalue weighted by Gasteiger charge is -2.22. The fourth-order valence-corrected chi connectivity index (χ4v) is 3.35. The third-order valence-electron chi connectivity index (χ3n) is 3.50. The molecule has 2 heterocycles. The van der Waals surface area contributed by atoms with E-state index in [4.69, 9.17) is 0 Å². The van der Waals surface area contributed by atoms with Crippen molar-refractivity contribution in [1.82, 2.24) is 15.3 Å². The molecule has 4 nitrogen and oxygen atoms in total. The van der Waals surface area contributed by atoms with E-state index in [9.17, 15) is 4.79 Å². The molecule has 0 saturated carbocycles. The standard InChI is InChI=1S/C15H17N3OS/c19-14-7-11(15-2-1-5-20-15)6-13(8-14)17-4-3-12-9-16-10-18-12/h1-2,5,8-11,17H,3-4,6-7H2,(H,16,18)/t11-/m1/s1. The molecule has 0 saturated heterocycles. The van der Waals surface area contributed by atoms with E-state index in [1.165, 1.54) is 4.88 Å². The van der Waals surface area contributed by atoms with Gasteiger partial charge < -0.3 is 10.3 Å². The van der Waals surface area contributed by atoms with Crippen LogP contribution in [0.15, 0.2) is 41.8 Å². The molecule has 0 amide bonds. The molecular formula is C15H17N3OS. The van der Waals surface area contributed by atoms with Gasteiger partial charge in [-0.25, -0.2) is 4.98 Å². The molecule has 0 spiro atoms. The first-order valence-electron chi connectivity index (χ1n) is 6.79. The second-order valence-corrected chi connectivity index (χ2v) is 5.99. The molecule has 2 N–H and O–H groups in total. The highest BCUT2D eigenvalue weighted by Gasteiger charge is 2.22. The van der Waals surface area contributed by atoms with Gasteiger partial charge in [-0.05, 0) is 17.9 Å². The summed E-state index contributed by atoms with van der Waals surface area (Å²) in [7, 11) is 0. The summed E-state index contributed by atoms with van der Waals surface area (Å²) in [6.07, 6.45) is 7.72. The summed E-state index contributed by atoms with van der Waals surface area (Å²) in [6, 6.07) is 4.17. The Balaban J connectivity index is 1.57. The second kappa shape index (κ2) is 6.05. The fourth-order valence-electron chi connectivity index (χ4n) is 2.52. The molecule has 20 heavy (non-hydrogen) atoms. The first kappa shape index (κ1) is 13.1. The lowest BCUT2D eigenvalue weighted by atomic mass is 9.90. The lowest BCUT2D eigenvalue weighted by Crippen LogP contribution is -2.23. The van der Waals surface area contributed by atoms with Gasteiger partial charge in [0.15, 0.2) is 5.78 Å². The summed E-state index contributed by atoms with van der Waals surface area (Å²) in [5.41, 5.74) is 2.16. The van der Waals surface area contributed by atoms with Crippen molar-refractivity contribution in [2.75, 3.05) is 6.54 Å². The largest absolute Gasteiger partial charge is 0.388 e. The van der Waals surface area contributed by atoms with Crippen molar-refractivity contribution in [3.05, 3.63) is 52.4 Å². The maximum absolute atomic E-state index is 11.8. The number of ketones is 1. The Labute approximate surface area is 121 Å². The van der Waals surface area contributed by atoms with Gasteiger partial charge in [0.25, 0.3) is 0 Å². The van der Waals surface area contributed by atoms with E-state index >= 15 is 0 Å². The number of carbonyl (C=O) groups is 1. The van der Waals surface area contributed by atoms with E-state index in [1.54, 1.807) is 23.7 Å². The number of H-pyrrole nitrogens is 1. The van der Waals surface area contributed by atoms with Crippen molar-refractivity contribution in [3.8, 4) is 0 Å². The second-order valence-electron chi connectivity index (χ2n) is 5.01. The van der Waals surface area contributed by atoms with E-state index in [0.29, 0.717) is 12.3 Å². The van der Waals surface area contributed by atoms with Gasteiger partial charge in [0.2, 0.25) is 0 Å². The number of imidazole rings is 1. The van der Waals surface area contributed by atoms with E-state index in [2.05, 4.69) is 26.7 Å². The molecule has 2 aromatic rings. The first-order chi connectivity index (χ1) is 9.81. The first-order valence-corrected chi connectivity index (χ1v) is 7.67. The summed E-state index contributed by atoms with van der Waals surface area (Å²) in [4.78, 5) is 20.2. The molecule has 1 atom stereocenters. The topological polar surface area (TPSA) is 57.8 Å². The number of aromatic amines is 1. The number of nitrogens with one attached hydrogen (secondary N) is 2. The molecule has 3 rings (SSSR count). The molecule has 0 unspecified atom stereocenters. The minimum Gasteiger partial charge on any atom is -0.388 e. The highest BCUT2D eigenvalue weighted by Crippen LogP contribution is 2.32. The van der Waals surface area contributed by atoms with E-state index in [0.717, 1.165) is 30.8 Å². The van der Waals surface area contributed by atoms with E-state index in [-0.39, 0.29) is 5.78 Å². The van der Waals surface area contributed by atoms with Crippen LogP contribution in [-0.4, -0.2) is 22.3 Å². The fraction of sp³-hybridized carbons (Fsp3) is 0.333. The smallest absolute Gasteiger partial charge is 0.158 e. The minimum atomic E-state index is 0.221. The van der Waals surface area contributed by atoms with Gasteiger partial charge in [0.05, 0.1) is 6.33 Å². The van der Waals surface area contributed by atoms with Crippen molar-refractivity contribution in [1.29, 1.82) is 0 Å². The number of carbonyl (C=O) groups excluding carboxylic acids is 1. The zero-order valence-corrected chi connectivity index (χ0v) is 12.0. The molecule has 0 aliphatic heterocycles. The van der Waals surface area contributed by atoms with Gasteiger partial charge >= 0.3 is 0 Å². The van der Waals surface area contributed by atoms with Gasteiger partial charge in [0, 0.05) is 53.8 Å². The Morgan fingerprint density at radius 3 is 3.15 bits per heavy atom. The maximum Gasteiger partial charge on any atom is 0.158 e. The van der Waals surface area contributed by atoms with Crippen LogP contribution in [0.3, 0.4) is 0 Å². The summed E-state index contributed by atoms with van der Waals surface area (Å²) in [5.74, 6) is 0.556. The van der Waals surface area contributed by atoms with Gasteiger partial charge in [-0.3, -0.25) is 4.79 Å². The Morgan fingerprint density at radius 2 is 2.40 bits per heavy atom. The van der Waals surface area contributed by atoms with Gasteiger partial charge in [-0.15, -0.1) is 11.3 Å². The number of nitrogens with zero attached hydrogens (tertiary/aromatic N) is 1. The Hall–Kier alpha value is -1.88. The van der Waals surface area contributed by atoms with Crippen LogP contribution in [0.1, 0.15) is 29.3 Å². The highest BCUT2D eigenvalue weighted by atomic mass is 32.1. The van der Waals surface area contributed by atoms with Crippen LogP contribution in [-0.2, 0) is 11.2 Å².